The van der Waals surface area contributed by atoms with Gasteiger partial charge in [-0.1, -0.05) is 32.0 Å². The molecule has 8 nitrogen and oxygen atoms in total. The van der Waals surface area contributed by atoms with E-state index in [1.807, 2.05) is 19.9 Å². The zero-order chi connectivity index (χ0) is 20.0. The van der Waals surface area contributed by atoms with Crippen molar-refractivity contribution in [2.75, 3.05) is 20.2 Å². The lowest BCUT2D eigenvalue weighted by molar-refractivity contribution is -0.133. The van der Waals surface area contributed by atoms with Crippen molar-refractivity contribution in [1.82, 2.24) is 14.7 Å². The molecule has 0 N–H and O–H groups in total. The van der Waals surface area contributed by atoms with Crippen LogP contribution >= 0.6 is 0 Å². The molecule has 0 spiro atoms. The van der Waals surface area contributed by atoms with Gasteiger partial charge in [-0.15, -0.1) is 0 Å². The topological polar surface area (TPSA) is 105 Å². The standard InChI is InChI=1S/C19H22N4O4/c1-13(2)11-23-18(25)15-8-5-4-7-14(15)17(21-23)19(26)27-12-16(24)22(3)10-6-9-20/h4-5,7-8,13H,6,10-12H2,1-3H3. The van der Waals surface area contributed by atoms with Crippen molar-refractivity contribution in [2.45, 2.75) is 26.8 Å². The fourth-order valence-electron chi connectivity index (χ4n) is 2.50. The maximum absolute atomic E-state index is 12.6. The highest BCUT2D eigenvalue weighted by Gasteiger charge is 2.20. The summed E-state index contributed by atoms with van der Waals surface area (Å²) >= 11 is 0. The molecule has 8 heteroatoms. The van der Waals surface area contributed by atoms with E-state index in [-0.39, 0.29) is 30.1 Å². The van der Waals surface area contributed by atoms with Crippen LogP contribution in [0.25, 0.3) is 10.8 Å². The molecule has 2 rings (SSSR count). The van der Waals surface area contributed by atoms with E-state index in [0.29, 0.717) is 17.3 Å². The summed E-state index contributed by atoms with van der Waals surface area (Å²) in [4.78, 5) is 38.4. The predicted molar refractivity (Wildman–Crippen MR) is 99.0 cm³/mol. The highest BCUT2D eigenvalue weighted by atomic mass is 16.5. The van der Waals surface area contributed by atoms with E-state index in [1.54, 1.807) is 24.3 Å². The lowest BCUT2D eigenvalue weighted by Crippen LogP contribution is -2.33. The summed E-state index contributed by atoms with van der Waals surface area (Å²) in [6.45, 7) is 4.04. The monoisotopic (exact) mass is 370 g/mol. The third-order valence-electron chi connectivity index (χ3n) is 3.91. The largest absolute Gasteiger partial charge is 0.451 e. The summed E-state index contributed by atoms with van der Waals surface area (Å²) < 4.78 is 6.36. The Morgan fingerprint density at radius 1 is 1.30 bits per heavy atom. The Labute approximate surface area is 156 Å². The van der Waals surface area contributed by atoms with E-state index >= 15 is 0 Å². The van der Waals surface area contributed by atoms with Crippen molar-refractivity contribution in [2.24, 2.45) is 5.92 Å². The summed E-state index contributed by atoms with van der Waals surface area (Å²) in [5.41, 5.74) is -0.276. The van der Waals surface area contributed by atoms with Gasteiger partial charge in [0.25, 0.3) is 11.5 Å². The minimum Gasteiger partial charge on any atom is -0.451 e. The van der Waals surface area contributed by atoms with E-state index in [1.165, 1.54) is 16.6 Å². The van der Waals surface area contributed by atoms with Crippen molar-refractivity contribution in [3.63, 3.8) is 0 Å². The van der Waals surface area contributed by atoms with Crippen LogP contribution in [0.1, 0.15) is 30.8 Å². The normalized spacial score (nSPS) is 10.6. The number of aromatic nitrogens is 2. The van der Waals surface area contributed by atoms with Crippen LogP contribution in [0, 0.1) is 17.2 Å². The van der Waals surface area contributed by atoms with Gasteiger partial charge in [0.05, 0.1) is 17.9 Å². The summed E-state index contributed by atoms with van der Waals surface area (Å²) in [5.74, 6) is -1.03. The second-order valence-corrected chi connectivity index (χ2v) is 6.57. The number of nitrogens with zero attached hydrogens (tertiary/aromatic N) is 4. The van der Waals surface area contributed by atoms with Crippen LogP contribution in [0.2, 0.25) is 0 Å². The molecule has 0 fully saturated rings. The molecule has 1 amide bonds. The summed E-state index contributed by atoms with van der Waals surface area (Å²) in [6.07, 6.45) is 0.197. The number of likely N-dealkylation sites (N-methyl/N-ethyl adjacent to an activating group) is 1. The molecule has 0 saturated carbocycles. The first-order chi connectivity index (χ1) is 12.8. The van der Waals surface area contributed by atoms with Gasteiger partial charge in [-0.3, -0.25) is 9.59 Å². The summed E-state index contributed by atoms with van der Waals surface area (Å²) in [5, 5.41) is 13.5. The Hall–Kier alpha value is -3.21. The first kappa shape index (κ1) is 20.1. The van der Waals surface area contributed by atoms with Crippen LogP contribution in [0.3, 0.4) is 0 Å². The Bertz CT molecular complexity index is 943. The maximum atomic E-state index is 12.6. The Morgan fingerprint density at radius 3 is 2.59 bits per heavy atom. The molecule has 142 valence electrons. The number of carbonyl (C=O) groups is 2. The van der Waals surface area contributed by atoms with Crippen molar-refractivity contribution >= 4 is 22.6 Å². The Morgan fingerprint density at radius 2 is 1.96 bits per heavy atom. The molecule has 2 aromatic rings. The van der Waals surface area contributed by atoms with Gasteiger partial charge in [0, 0.05) is 25.5 Å². The van der Waals surface area contributed by atoms with Crippen molar-refractivity contribution < 1.29 is 14.3 Å². The molecular formula is C19H22N4O4. The number of esters is 1. The van der Waals surface area contributed by atoms with Gasteiger partial charge in [0.1, 0.15) is 0 Å². The molecule has 0 unspecified atom stereocenters. The molecule has 0 bridgehead atoms. The highest BCUT2D eigenvalue weighted by molar-refractivity contribution is 6.02. The van der Waals surface area contributed by atoms with E-state index < -0.39 is 18.5 Å². The Balaban J connectivity index is 2.27. The van der Waals surface area contributed by atoms with E-state index in [2.05, 4.69) is 5.10 Å². The van der Waals surface area contributed by atoms with Crippen LogP contribution in [0.15, 0.2) is 29.1 Å². The first-order valence-electron chi connectivity index (χ1n) is 8.63. The lowest BCUT2D eigenvalue weighted by Gasteiger charge is -2.16. The van der Waals surface area contributed by atoms with Crippen molar-refractivity contribution in [3.05, 3.63) is 40.3 Å². The second kappa shape index (κ2) is 8.94. The molecule has 27 heavy (non-hydrogen) atoms. The maximum Gasteiger partial charge on any atom is 0.359 e. The number of hydrogen-bond acceptors (Lipinski definition) is 6. The van der Waals surface area contributed by atoms with Gasteiger partial charge in [-0.05, 0) is 12.0 Å². The van der Waals surface area contributed by atoms with Gasteiger partial charge < -0.3 is 9.64 Å². The molecule has 0 aliphatic heterocycles. The number of amides is 1. The fraction of sp³-hybridized carbons (Fsp3) is 0.421. The van der Waals surface area contributed by atoms with Crippen LogP contribution in [-0.4, -0.2) is 46.8 Å². The third-order valence-corrected chi connectivity index (χ3v) is 3.91. The average molecular weight is 370 g/mol. The van der Waals surface area contributed by atoms with Crippen LogP contribution < -0.4 is 5.56 Å². The zero-order valence-corrected chi connectivity index (χ0v) is 15.6. The number of fused-ring (bicyclic) bond motifs is 1. The van der Waals surface area contributed by atoms with Gasteiger partial charge in [-0.25, -0.2) is 9.48 Å². The van der Waals surface area contributed by atoms with Crippen LogP contribution in [0.5, 0.6) is 0 Å². The average Bonchev–Trinajstić information content (AvgIpc) is 2.65. The van der Waals surface area contributed by atoms with E-state index in [0.717, 1.165) is 0 Å². The molecule has 0 aliphatic rings. The first-order valence-corrected chi connectivity index (χ1v) is 8.63. The van der Waals surface area contributed by atoms with Crippen molar-refractivity contribution in [3.8, 4) is 6.07 Å². The summed E-state index contributed by atoms with van der Waals surface area (Å²) in [7, 11) is 1.53. The number of rotatable bonds is 7. The zero-order valence-electron chi connectivity index (χ0n) is 15.6. The number of hydrogen-bond donors (Lipinski definition) is 0. The minimum atomic E-state index is -0.772. The van der Waals surface area contributed by atoms with Gasteiger partial charge in [0.2, 0.25) is 0 Å². The van der Waals surface area contributed by atoms with Crippen molar-refractivity contribution in [1.29, 1.82) is 5.26 Å². The molecule has 0 aliphatic carbocycles. The van der Waals surface area contributed by atoms with Crippen LogP contribution in [-0.2, 0) is 16.1 Å². The number of benzene rings is 1. The SMILES string of the molecule is CC(C)Cn1nc(C(=O)OCC(=O)N(C)CCC#N)c2ccccc2c1=O. The smallest absolute Gasteiger partial charge is 0.359 e. The van der Waals surface area contributed by atoms with E-state index in [9.17, 15) is 14.4 Å². The highest BCUT2D eigenvalue weighted by Crippen LogP contribution is 2.15. The molecule has 1 heterocycles. The quantitative estimate of drug-likeness (QED) is 0.685. The van der Waals surface area contributed by atoms with Crippen LogP contribution in [0.4, 0.5) is 0 Å². The number of carbonyl (C=O) groups excluding carboxylic acids is 2. The minimum absolute atomic E-state index is 0.00155. The van der Waals surface area contributed by atoms with Gasteiger partial charge in [-0.2, -0.15) is 10.4 Å². The molecule has 0 atom stereocenters. The second-order valence-electron chi connectivity index (χ2n) is 6.57. The van der Waals surface area contributed by atoms with Gasteiger partial charge in [0.15, 0.2) is 12.3 Å². The molecule has 1 aromatic carbocycles. The fourth-order valence-corrected chi connectivity index (χ4v) is 2.50. The summed E-state index contributed by atoms with van der Waals surface area (Å²) in [6, 6.07) is 8.62. The lowest BCUT2D eigenvalue weighted by atomic mass is 10.1. The molecule has 1 aromatic heterocycles. The third kappa shape index (κ3) is 4.91. The Kier molecular flexibility index (Phi) is 6.66. The molecule has 0 radical (unpaired) electrons. The van der Waals surface area contributed by atoms with Gasteiger partial charge >= 0.3 is 5.97 Å². The number of ether oxygens (including phenoxy) is 1. The number of nitriles is 1. The van der Waals surface area contributed by atoms with E-state index in [4.69, 9.17) is 10.00 Å². The molecular weight excluding hydrogens is 348 g/mol. The predicted octanol–water partition coefficient (Wildman–Crippen LogP) is 1.58. The molecule has 0 saturated heterocycles.